The molecule has 3 rings (SSSR count). The van der Waals surface area contributed by atoms with Gasteiger partial charge in [-0.15, -0.1) is 22.7 Å². The summed E-state index contributed by atoms with van der Waals surface area (Å²) < 4.78 is 0. The van der Waals surface area contributed by atoms with Gasteiger partial charge >= 0.3 is 0 Å². The number of anilines is 1. The van der Waals surface area contributed by atoms with Crippen LogP contribution >= 0.6 is 22.7 Å². The first kappa shape index (κ1) is 16.6. The minimum atomic E-state index is -0.123. The van der Waals surface area contributed by atoms with Gasteiger partial charge in [0.25, 0.3) is 5.91 Å². The molecule has 7 heteroatoms. The van der Waals surface area contributed by atoms with Crippen molar-refractivity contribution in [1.29, 1.82) is 0 Å². The van der Waals surface area contributed by atoms with E-state index in [2.05, 4.69) is 20.6 Å². The summed E-state index contributed by atoms with van der Waals surface area (Å²) in [5, 5.41) is 10.8. The minimum absolute atomic E-state index is 0.123. The molecule has 0 aliphatic heterocycles. The minimum Gasteiger partial charge on any atom is -0.370 e. The summed E-state index contributed by atoms with van der Waals surface area (Å²) >= 11 is 3.12. The second-order valence-electron chi connectivity index (χ2n) is 5.27. The molecule has 24 heavy (non-hydrogen) atoms. The summed E-state index contributed by atoms with van der Waals surface area (Å²) in [4.78, 5) is 21.9. The van der Waals surface area contributed by atoms with E-state index in [0.717, 1.165) is 34.2 Å². The molecule has 0 spiro atoms. The third-order valence-corrected chi connectivity index (χ3v) is 5.21. The van der Waals surface area contributed by atoms with Crippen molar-refractivity contribution in [3.8, 4) is 9.88 Å². The normalized spacial score (nSPS) is 10.5. The SMILES string of the molecule is Cc1ccc(NCCCNC(=O)c2csc(-c3cccs3)n2)nc1. The molecule has 3 heterocycles. The molecule has 0 aliphatic carbocycles. The van der Waals surface area contributed by atoms with Gasteiger partial charge in [0.2, 0.25) is 0 Å². The number of pyridine rings is 1. The number of aryl methyl sites for hydroxylation is 1. The van der Waals surface area contributed by atoms with Crippen LogP contribution in [0.15, 0.2) is 41.2 Å². The molecule has 5 nitrogen and oxygen atoms in total. The number of rotatable bonds is 7. The quantitative estimate of drug-likeness (QED) is 0.630. The van der Waals surface area contributed by atoms with Gasteiger partial charge in [0.05, 0.1) is 4.88 Å². The average molecular weight is 358 g/mol. The Balaban J connectivity index is 1.40. The predicted molar refractivity (Wildman–Crippen MR) is 99.8 cm³/mol. The number of thiophene rings is 1. The molecular formula is C17H18N4OS2. The molecule has 3 aromatic heterocycles. The Labute approximate surface area is 148 Å². The molecule has 0 radical (unpaired) electrons. The number of amides is 1. The van der Waals surface area contributed by atoms with Crippen molar-refractivity contribution in [2.24, 2.45) is 0 Å². The second kappa shape index (κ2) is 8.03. The van der Waals surface area contributed by atoms with Crippen LogP contribution in [0.2, 0.25) is 0 Å². The van der Waals surface area contributed by atoms with E-state index < -0.39 is 0 Å². The standard InChI is InChI=1S/C17H18N4OS2/c1-12-5-6-15(20-10-12)18-7-3-8-19-16(22)13-11-24-17(21-13)14-4-2-9-23-14/h2,4-6,9-11H,3,7-8H2,1H3,(H,18,20)(H,19,22). The first-order chi connectivity index (χ1) is 11.7. The number of aromatic nitrogens is 2. The van der Waals surface area contributed by atoms with Crippen molar-refractivity contribution in [2.75, 3.05) is 18.4 Å². The summed E-state index contributed by atoms with van der Waals surface area (Å²) in [5.41, 5.74) is 1.62. The average Bonchev–Trinajstić information content (AvgIpc) is 3.27. The number of carbonyl (C=O) groups excluding carboxylic acids is 1. The van der Waals surface area contributed by atoms with Crippen LogP contribution in [0.3, 0.4) is 0 Å². The zero-order chi connectivity index (χ0) is 16.8. The number of hydrogen-bond acceptors (Lipinski definition) is 6. The molecule has 3 aromatic rings. The lowest BCUT2D eigenvalue weighted by atomic mass is 10.3. The predicted octanol–water partition coefficient (Wildman–Crippen LogP) is 3.81. The third kappa shape index (κ3) is 4.39. The highest BCUT2D eigenvalue weighted by molar-refractivity contribution is 7.20. The van der Waals surface area contributed by atoms with E-state index in [1.165, 1.54) is 11.3 Å². The number of carbonyl (C=O) groups is 1. The number of nitrogens with zero attached hydrogens (tertiary/aromatic N) is 2. The monoisotopic (exact) mass is 358 g/mol. The number of thiazole rings is 1. The molecule has 0 atom stereocenters. The maximum Gasteiger partial charge on any atom is 0.270 e. The van der Waals surface area contributed by atoms with Gasteiger partial charge < -0.3 is 10.6 Å². The highest BCUT2D eigenvalue weighted by Gasteiger charge is 2.11. The molecular weight excluding hydrogens is 340 g/mol. The van der Waals surface area contributed by atoms with Gasteiger partial charge in [0.15, 0.2) is 0 Å². The molecule has 0 fully saturated rings. The van der Waals surface area contributed by atoms with Gasteiger partial charge in [-0.25, -0.2) is 9.97 Å². The Morgan fingerprint density at radius 1 is 1.21 bits per heavy atom. The molecule has 2 N–H and O–H groups in total. The fourth-order valence-corrected chi connectivity index (χ4v) is 3.68. The highest BCUT2D eigenvalue weighted by Crippen LogP contribution is 2.27. The van der Waals surface area contributed by atoms with Crippen LogP contribution < -0.4 is 10.6 Å². The van der Waals surface area contributed by atoms with Crippen molar-refractivity contribution in [3.63, 3.8) is 0 Å². The Morgan fingerprint density at radius 3 is 2.88 bits per heavy atom. The highest BCUT2D eigenvalue weighted by atomic mass is 32.1. The van der Waals surface area contributed by atoms with Gasteiger partial charge in [-0.3, -0.25) is 4.79 Å². The summed E-state index contributed by atoms with van der Waals surface area (Å²) in [7, 11) is 0. The van der Waals surface area contributed by atoms with E-state index in [9.17, 15) is 4.79 Å². The van der Waals surface area contributed by atoms with E-state index in [1.54, 1.807) is 16.7 Å². The Bertz CT molecular complexity index is 781. The molecule has 0 saturated carbocycles. The second-order valence-corrected chi connectivity index (χ2v) is 7.08. The topological polar surface area (TPSA) is 66.9 Å². The third-order valence-electron chi connectivity index (χ3n) is 3.33. The van der Waals surface area contributed by atoms with Gasteiger partial charge in [0, 0.05) is 24.7 Å². The summed E-state index contributed by atoms with van der Waals surface area (Å²) in [6.45, 7) is 3.37. The molecule has 0 saturated heterocycles. The van der Waals surface area contributed by atoms with Crippen molar-refractivity contribution in [1.82, 2.24) is 15.3 Å². The van der Waals surface area contributed by atoms with Gasteiger partial charge in [-0.1, -0.05) is 12.1 Å². The maximum absolute atomic E-state index is 12.1. The van der Waals surface area contributed by atoms with E-state index >= 15 is 0 Å². The van der Waals surface area contributed by atoms with Crippen LogP contribution in [0.25, 0.3) is 9.88 Å². The largest absolute Gasteiger partial charge is 0.370 e. The van der Waals surface area contributed by atoms with Crippen LogP contribution in [0, 0.1) is 6.92 Å². The Hall–Kier alpha value is -2.25. The zero-order valence-corrected chi connectivity index (χ0v) is 14.9. The van der Waals surface area contributed by atoms with E-state index in [0.29, 0.717) is 12.2 Å². The van der Waals surface area contributed by atoms with Crippen LogP contribution in [-0.4, -0.2) is 29.0 Å². The molecule has 0 unspecified atom stereocenters. The van der Waals surface area contributed by atoms with Crippen LogP contribution in [0.5, 0.6) is 0 Å². The summed E-state index contributed by atoms with van der Waals surface area (Å²) in [6, 6.07) is 7.97. The van der Waals surface area contributed by atoms with E-state index in [1.807, 2.05) is 42.8 Å². The lowest BCUT2D eigenvalue weighted by Crippen LogP contribution is -2.26. The molecule has 0 bridgehead atoms. The molecule has 1 amide bonds. The van der Waals surface area contributed by atoms with Gasteiger partial charge in [0.1, 0.15) is 16.5 Å². The fraction of sp³-hybridized carbons (Fsp3) is 0.235. The van der Waals surface area contributed by atoms with Gasteiger partial charge in [-0.05, 0) is 36.4 Å². The lowest BCUT2D eigenvalue weighted by Gasteiger charge is -2.06. The first-order valence-electron chi connectivity index (χ1n) is 7.66. The van der Waals surface area contributed by atoms with Crippen LogP contribution in [-0.2, 0) is 0 Å². The first-order valence-corrected chi connectivity index (χ1v) is 9.42. The number of nitrogens with one attached hydrogen (secondary N) is 2. The van der Waals surface area contributed by atoms with Crippen molar-refractivity contribution in [2.45, 2.75) is 13.3 Å². The lowest BCUT2D eigenvalue weighted by molar-refractivity contribution is 0.0949. The molecule has 124 valence electrons. The Morgan fingerprint density at radius 2 is 2.12 bits per heavy atom. The summed E-state index contributed by atoms with van der Waals surface area (Å²) in [6.07, 6.45) is 2.65. The molecule has 0 aromatic carbocycles. The fourth-order valence-electron chi connectivity index (χ4n) is 2.06. The van der Waals surface area contributed by atoms with Crippen molar-refractivity contribution in [3.05, 3.63) is 52.5 Å². The summed E-state index contributed by atoms with van der Waals surface area (Å²) in [5.74, 6) is 0.731. The number of hydrogen-bond donors (Lipinski definition) is 2. The molecule has 0 aliphatic rings. The van der Waals surface area contributed by atoms with Crippen LogP contribution in [0.1, 0.15) is 22.5 Å². The van der Waals surface area contributed by atoms with E-state index in [4.69, 9.17) is 0 Å². The van der Waals surface area contributed by atoms with Gasteiger partial charge in [-0.2, -0.15) is 0 Å². The smallest absolute Gasteiger partial charge is 0.270 e. The van der Waals surface area contributed by atoms with Crippen molar-refractivity contribution < 1.29 is 4.79 Å². The maximum atomic E-state index is 12.1. The van der Waals surface area contributed by atoms with E-state index in [-0.39, 0.29) is 5.91 Å². The Kier molecular flexibility index (Phi) is 5.55. The van der Waals surface area contributed by atoms with Crippen molar-refractivity contribution >= 4 is 34.4 Å². The van der Waals surface area contributed by atoms with Crippen LogP contribution in [0.4, 0.5) is 5.82 Å². The zero-order valence-electron chi connectivity index (χ0n) is 13.3.